The molecule has 1 spiro atoms. The third-order valence-electron chi connectivity index (χ3n) is 6.31. The number of benzene rings is 2. The van der Waals surface area contributed by atoms with Gasteiger partial charge in [-0.15, -0.1) is 0 Å². The standard InChI is InChI=1S/C25H34FN3OS/c1-5-28-18-25(29(31-28)23-10-7-9-22(26)15-23)12-13-27(20(4)16-25)17-21-8-6-11-24(14-21)30-19(2)3/h6-11,14-15,19-20H,5,12-13,16-18H2,1-4H3/t20-,25+/m0/s1. The fraction of sp³-hybridized carbons (Fsp3) is 0.520. The molecule has 0 radical (unpaired) electrons. The molecule has 0 bridgehead atoms. The lowest BCUT2D eigenvalue weighted by atomic mass is 9.82. The number of anilines is 1. The summed E-state index contributed by atoms with van der Waals surface area (Å²) >= 11 is 1.76. The molecule has 2 aromatic carbocycles. The van der Waals surface area contributed by atoms with E-state index in [0.717, 1.165) is 50.5 Å². The first-order valence-electron chi connectivity index (χ1n) is 11.4. The average molecular weight is 444 g/mol. The van der Waals surface area contributed by atoms with E-state index in [9.17, 15) is 4.39 Å². The topological polar surface area (TPSA) is 19.0 Å². The SMILES string of the molecule is CCN1C[C@]2(CCN(Cc3cccc(OC(C)C)c3)[C@@H](C)C2)N(c2cccc(F)c2)S1. The highest BCUT2D eigenvalue weighted by molar-refractivity contribution is 7.98. The van der Waals surface area contributed by atoms with E-state index in [1.807, 2.05) is 18.2 Å². The van der Waals surface area contributed by atoms with E-state index in [1.165, 1.54) is 11.6 Å². The van der Waals surface area contributed by atoms with Gasteiger partial charge in [0.2, 0.25) is 0 Å². The van der Waals surface area contributed by atoms with Gasteiger partial charge in [-0.3, -0.25) is 9.21 Å². The summed E-state index contributed by atoms with van der Waals surface area (Å²) in [7, 11) is 0. The van der Waals surface area contributed by atoms with Crippen molar-refractivity contribution in [2.75, 3.05) is 23.9 Å². The molecule has 168 valence electrons. The molecule has 0 N–H and O–H groups in total. The maximum Gasteiger partial charge on any atom is 0.125 e. The zero-order valence-corrected chi connectivity index (χ0v) is 19.9. The Morgan fingerprint density at radius 1 is 1.19 bits per heavy atom. The van der Waals surface area contributed by atoms with Crippen molar-refractivity contribution < 1.29 is 9.13 Å². The maximum absolute atomic E-state index is 14.0. The van der Waals surface area contributed by atoms with Gasteiger partial charge in [-0.1, -0.05) is 25.1 Å². The van der Waals surface area contributed by atoms with E-state index in [2.05, 4.69) is 59.4 Å². The Hall–Kier alpha value is -1.76. The van der Waals surface area contributed by atoms with Gasteiger partial charge in [0.25, 0.3) is 0 Å². The number of hydrogen-bond donors (Lipinski definition) is 0. The number of likely N-dealkylation sites (tertiary alicyclic amines) is 1. The van der Waals surface area contributed by atoms with Crippen molar-refractivity contribution in [1.29, 1.82) is 0 Å². The van der Waals surface area contributed by atoms with E-state index in [0.29, 0.717) is 6.04 Å². The minimum absolute atomic E-state index is 0.0347. The highest BCUT2D eigenvalue weighted by Crippen LogP contribution is 2.47. The molecule has 4 nitrogen and oxygen atoms in total. The first-order chi connectivity index (χ1) is 14.9. The number of piperidine rings is 1. The second kappa shape index (κ2) is 9.39. The van der Waals surface area contributed by atoms with Crippen LogP contribution in [0.3, 0.4) is 0 Å². The Morgan fingerprint density at radius 3 is 2.71 bits per heavy atom. The summed E-state index contributed by atoms with van der Waals surface area (Å²) in [6.07, 6.45) is 2.31. The van der Waals surface area contributed by atoms with Crippen LogP contribution in [-0.4, -0.2) is 46.5 Å². The molecule has 0 aliphatic carbocycles. The van der Waals surface area contributed by atoms with Crippen LogP contribution in [0.15, 0.2) is 48.5 Å². The molecule has 2 heterocycles. The largest absolute Gasteiger partial charge is 0.491 e. The second-order valence-corrected chi connectivity index (χ2v) is 10.2. The summed E-state index contributed by atoms with van der Waals surface area (Å²) in [5, 5.41) is 0. The summed E-state index contributed by atoms with van der Waals surface area (Å²) in [5.41, 5.74) is 2.30. The van der Waals surface area contributed by atoms with Crippen molar-refractivity contribution in [1.82, 2.24) is 9.21 Å². The molecule has 2 aliphatic heterocycles. The van der Waals surface area contributed by atoms with E-state index < -0.39 is 0 Å². The van der Waals surface area contributed by atoms with Crippen molar-refractivity contribution in [2.45, 2.75) is 64.8 Å². The summed E-state index contributed by atoms with van der Waals surface area (Å²) in [4.78, 5) is 2.57. The molecule has 2 saturated heterocycles. The molecule has 0 saturated carbocycles. The van der Waals surface area contributed by atoms with E-state index in [-0.39, 0.29) is 17.5 Å². The van der Waals surface area contributed by atoms with Gasteiger partial charge in [0.1, 0.15) is 11.6 Å². The molecule has 2 atom stereocenters. The molecular formula is C25H34FN3OS. The number of halogens is 1. The minimum atomic E-state index is -0.169. The smallest absolute Gasteiger partial charge is 0.125 e. The zero-order valence-electron chi connectivity index (χ0n) is 19.1. The van der Waals surface area contributed by atoms with Crippen LogP contribution >= 0.6 is 12.1 Å². The lowest BCUT2D eigenvalue weighted by Crippen LogP contribution is -2.56. The van der Waals surface area contributed by atoms with Crippen molar-refractivity contribution in [2.24, 2.45) is 0 Å². The summed E-state index contributed by atoms with van der Waals surface area (Å²) in [6.45, 7) is 12.6. The van der Waals surface area contributed by atoms with Gasteiger partial charge in [-0.05, 0) is 69.5 Å². The van der Waals surface area contributed by atoms with Gasteiger partial charge < -0.3 is 4.74 Å². The number of likely N-dealkylation sites (N-methyl/N-ethyl adjacent to an activating group) is 1. The third kappa shape index (κ3) is 5.02. The third-order valence-corrected chi connectivity index (χ3v) is 7.69. The average Bonchev–Trinajstić information content (AvgIpc) is 3.08. The van der Waals surface area contributed by atoms with Gasteiger partial charge >= 0.3 is 0 Å². The Morgan fingerprint density at radius 2 is 2.00 bits per heavy atom. The monoisotopic (exact) mass is 443 g/mol. The van der Waals surface area contributed by atoms with Crippen LogP contribution in [0.1, 0.15) is 46.1 Å². The molecule has 31 heavy (non-hydrogen) atoms. The van der Waals surface area contributed by atoms with Gasteiger partial charge in [0, 0.05) is 44.4 Å². The van der Waals surface area contributed by atoms with E-state index in [4.69, 9.17) is 4.74 Å². The molecular weight excluding hydrogens is 409 g/mol. The first kappa shape index (κ1) is 22.4. The molecule has 0 amide bonds. The van der Waals surface area contributed by atoms with Crippen LogP contribution in [0, 0.1) is 5.82 Å². The number of rotatable bonds is 6. The predicted molar refractivity (Wildman–Crippen MR) is 128 cm³/mol. The van der Waals surface area contributed by atoms with Crippen LogP contribution < -0.4 is 9.04 Å². The Balaban J connectivity index is 1.49. The molecule has 0 aromatic heterocycles. The highest BCUT2D eigenvalue weighted by Gasteiger charge is 2.49. The van der Waals surface area contributed by atoms with Gasteiger partial charge in [-0.2, -0.15) is 0 Å². The summed E-state index contributed by atoms with van der Waals surface area (Å²) in [6, 6.07) is 16.0. The molecule has 0 unspecified atom stereocenters. The Bertz CT molecular complexity index is 895. The number of ether oxygens (including phenoxy) is 1. The molecule has 2 aromatic rings. The molecule has 2 fully saturated rings. The van der Waals surface area contributed by atoms with Gasteiger partial charge in [-0.25, -0.2) is 8.70 Å². The van der Waals surface area contributed by atoms with Crippen LogP contribution in [0.2, 0.25) is 0 Å². The van der Waals surface area contributed by atoms with Crippen molar-refractivity contribution in [3.8, 4) is 5.75 Å². The zero-order chi connectivity index (χ0) is 22.0. The van der Waals surface area contributed by atoms with Crippen LogP contribution in [0.4, 0.5) is 10.1 Å². The Labute approximate surface area is 190 Å². The number of nitrogens with zero attached hydrogens (tertiary/aromatic N) is 3. The Kier molecular flexibility index (Phi) is 6.80. The number of hydrogen-bond acceptors (Lipinski definition) is 5. The first-order valence-corrected chi connectivity index (χ1v) is 12.1. The maximum atomic E-state index is 14.0. The molecule has 2 aliphatic rings. The lowest BCUT2D eigenvalue weighted by molar-refractivity contribution is 0.0991. The lowest BCUT2D eigenvalue weighted by Gasteiger charge is -2.47. The normalized spacial score (nSPS) is 25.0. The fourth-order valence-corrected chi connectivity index (χ4v) is 6.11. The fourth-order valence-electron chi connectivity index (χ4n) is 4.86. The molecule has 4 rings (SSSR count). The van der Waals surface area contributed by atoms with Crippen molar-refractivity contribution >= 4 is 17.8 Å². The van der Waals surface area contributed by atoms with Crippen LogP contribution in [-0.2, 0) is 6.54 Å². The summed E-state index contributed by atoms with van der Waals surface area (Å²) < 4.78 is 24.6. The molecule has 6 heteroatoms. The van der Waals surface area contributed by atoms with E-state index in [1.54, 1.807) is 18.2 Å². The minimum Gasteiger partial charge on any atom is -0.491 e. The van der Waals surface area contributed by atoms with Crippen molar-refractivity contribution in [3.63, 3.8) is 0 Å². The van der Waals surface area contributed by atoms with Gasteiger partial charge in [0.15, 0.2) is 0 Å². The van der Waals surface area contributed by atoms with Crippen LogP contribution in [0.5, 0.6) is 5.75 Å². The van der Waals surface area contributed by atoms with Crippen LogP contribution in [0.25, 0.3) is 0 Å². The highest BCUT2D eigenvalue weighted by atomic mass is 32.2. The van der Waals surface area contributed by atoms with Gasteiger partial charge in [0.05, 0.1) is 17.3 Å². The second-order valence-electron chi connectivity index (χ2n) is 9.12. The predicted octanol–water partition coefficient (Wildman–Crippen LogP) is 5.74. The summed E-state index contributed by atoms with van der Waals surface area (Å²) in [5.74, 6) is 0.772. The van der Waals surface area contributed by atoms with E-state index >= 15 is 0 Å². The van der Waals surface area contributed by atoms with Crippen molar-refractivity contribution in [3.05, 3.63) is 59.9 Å². The quantitative estimate of drug-likeness (QED) is 0.529.